The summed E-state index contributed by atoms with van der Waals surface area (Å²) in [7, 11) is 0. The predicted molar refractivity (Wildman–Crippen MR) is 55.1 cm³/mol. The average Bonchev–Trinajstić information content (AvgIpc) is 2.64. The van der Waals surface area contributed by atoms with Gasteiger partial charge in [0.2, 0.25) is 0 Å². The zero-order valence-corrected chi connectivity index (χ0v) is 8.47. The number of oxazole rings is 1. The SMILES string of the molecule is Cc1coc(NC(=O)c2ncccc2O)n1. The molecular formula is C10H9N3O3. The summed E-state index contributed by atoms with van der Waals surface area (Å²) in [5, 5.41) is 11.8. The number of amides is 1. The van der Waals surface area contributed by atoms with Gasteiger partial charge in [-0.05, 0) is 19.1 Å². The van der Waals surface area contributed by atoms with Crippen molar-refractivity contribution < 1.29 is 14.3 Å². The molecule has 2 heterocycles. The van der Waals surface area contributed by atoms with E-state index in [1.807, 2.05) is 0 Å². The number of nitrogens with one attached hydrogen (secondary N) is 1. The number of anilines is 1. The van der Waals surface area contributed by atoms with Crippen molar-refractivity contribution in [3.8, 4) is 5.75 Å². The number of pyridine rings is 1. The molecule has 82 valence electrons. The monoisotopic (exact) mass is 219 g/mol. The van der Waals surface area contributed by atoms with Crippen LogP contribution in [0.5, 0.6) is 5.75 Å². The molecule has 0 aliphatic heterocycles. The molecule has 1 amide bonds. The van der Waals surface area contributed by atoms with Crippen LogP contribution in [0.25, 0.3) is 0 Å². The smallest absolute Gasteiger partial charge is 0.301 e. The predicted octanol–water partition coefficient (Wildman–Crippen LogP) is 1.34. The lowest BCUT2D eigenvalue weighted by Crippen LogP contribution is -2.13. The molecule has 2 rings (SSSR count). The normalized spacial score (nSPS) is 10.1. The van der Waals surface area contributed by atoms with Gasteiger partial charge in [0.25, 0.3) is 5.91 Å². The van der Waals surface area contributed by atoms with Crippen LogP contribution >= 0.6 is 0 Å². The van der Waals surface area contributed by atoms with Gasteiger partial charge < -0.3 is 9.52 Å². The third-order valence-electron chi connectivity index (χ3n) is 1.84. The molecule has 6 nitrogen and oxygen atoms in total. The number of aromatic hydroxyl groups is 1. The highest BCUT2D eigenvalue weighted by Crippen LogP contribution is 2.14. The Balaban J connectivity index is 2.18. The van der Waals surface area contributed by atoms with Crippen molar-refractivity contribution in [2.24, 2.45) is 0 Å². The Morgan fingerprint density at radius 3 is 3.00 bits per heavy atom. The standard InChI is InChI=1S/C10H9N3O3/c1-6-5-16-10(12-6)13-9(15)8-7(14)3-2-4-11-8/h2-5,14H,1H3,(H,12,13,15). The van der Waals surface area contributed by atoms with Gasteiger partial charge in [-0.1, -0.05) is 0 Å². The Morgan fingerprint density at radius 2 is 2.38 bits per heavy atom. The number of carbonyl (C=O) groups excluding carboxylic acids is 1. The maximum absolute atomic E-state index is 11.6. The minimum atomic E-state index is -0.569. The van der Waals surface area contributed by atoms with Crippen LogP contribution in [0.4, 0.5) is 6.01 Å². The molecule has 16 heavy (non-hydrogen) atoms. The summed E-state index contributed by atoms with van der Waals surface area (Å²) in [6.45, 7) is 1.73. The van der Waals surface area contributed by atoms with E-state index in [1.165, 1.54) is 24.6 Å². The molecule has 0 atom stereocenters. The molecule has 0 spiro atoms. The Labute approximate surface area is 91.0 Å². The topological polar surface area (TPSA) is 88.2 Å². The summed E-state index contributed by atoms with van der Waals surface area (Å²) < 4.78 is 4.94. The number of aromatic nitrogens is 2. The first-order valence-corrected chi connectivity index (χ1v) is 4.54. The first-order valence-electron chi connectivity index (χ1n) is 4.54. The third-order valence-corrected chi connectivity index (χ3v) is 1.84. The Hall–Kier alpha value is -2.37. The van der Waals surface area contributed by atoms with E-state index in [1.54, 1.807) is 6.92 Å². The van der Waals surface area contributed by atoms with E-state index in [-0.39, 0.29) is 17.5 Å². The summed E-state index contributed by atoms with van der Waals surface area (Å²) in [4.78, 5) is 19.3. The van der Waals surface area contributed by atoms with Crippen molar-refractivity contribution >= 4 is 11.9 Å². The number of aryl methyl sites for hydroxylation is 1. The van der Waals surface area contributed by atoms with Gasteiger partial charge in [0.15, 0.2) is 5.69 Å². The van der Waals surface area contributed by atoms with E-state index in [0.717, 1.165) is 0 Å². The van der Waals surface area contributed by atoms with E-state index >= 15 is 0 Å². The second-order valence-corrected chi connectivity index (χ2v) is 3.12. The van der Waals surface area contributed by atoms with Crippen LogP contribution in [-0.4, -0.2) is 21.0 Å². The van der Waals surface area contributed by atoms with Gasteiger partial charge in [0, 0.05) is 6.20 Å². The van der Waals surface area contributed by atoms with Gasteiger partial charge in [-0.3, -0.25) is 10.1 Å². The van der Waals surface area contributed by atoms with Crippen LogP contribution in [0.3, 0.4) is 0 Å². The van der Waals surface area contributed by atoms with Crippen molar-refractivity contribution in [2.75, 3.05) is 5.32 Å². The number of hydrogen-bond acceptors (Lipinski definition) is 5. The lowest BCUT2D eigenvalue weighted by molar-refractivity contribution is 0.101. The largest absolute Gasteiger partial charge is 0.505 e. The molecule has 0 bridgehead atoms. The molecule has 6 heteroatoms. The molecule has 2 aromatic rings. The van der Waals surface area contributed by atoms with Crippen LogP contribution in [0, 0.1) is 6.92 Å². The van der Waals surface area contributed by atoms with Gasteiger partial charge >= 0.3 is 6.01 Å². The molecule has 0 unspecified atom stereocenters. The van der Waals surface area contributed by atoms with Gasteiger partial charge in [-0.15, -0.1) is 0 Å². The van der Waals surface area contributed by atoms with Gasteiger partial charge in [0.05, 0.1) is 5.69 Å². The van der Waals surface area contributed by atoms with Gasteiger partial charge in [-0.2, -0.15) is 4.98 Å². The van der Waals surface area contributed by atoms with Crippen LogP contribution in [0.15, 0.2) is 29.0 Å². The molecule has 0 saturated carbocycles. The van der Waals surface area contributed by atoms with Crippen molar-refractivity contribution in [1.82, 2.24) is 9.97 Å². The first-order chi connectivity index (χ1) is 7.66. The molecular weight excluding hydrogens is 210 g/mol. The molecule has 0 aromatic carbocycles. The molecule has 0 aliphatic rings. The molecule has 0 radical (unpaired) electrons. The molecule has 0 fully saturated rings. The molecule has 0 saturated heterocycles. The number of carbonyl (C=O) groups is 1. The fraction of sp³-hybridized carbons (Fsp3) is 0.100. The first kappa shape index (κ1) is 10.2. The average molecular weight is 219 g/mol. The van der Waals surface area contributed by atoms with E-state index in [4.69, 9.17) is 4.42 Å². The van der Waals surface area contributed by atoms with Crippen LogP contribution < -0.4 is 5.32 Å². The number of hydrogen-bond donors (Lipinski definition) is 2. The third kappa shape index (κ3) is 2.00. The summed E-state index contributed by atoms with van der Waals surface area (Å²) in [5.41, 5.74) is 0.582. The lowest BCUT2D eigenvalue weighted by Gasteiger charge is -2.01. The lowest BCUT2D eigenvalue weighted by atomic mass is 10.3. The zero-order valence-electron chi connectivity index (χ0n) is 8.47. The van der Waals surface area contributed by atoms with E-state index in [2.05, 4.69) is 15.3 Å². The van der Waals surface area contributed by atoms with Crippen molar-refractivity contribution in [1.29, 1.82) is 0 Å². The summed E-state index contributed by atoms with van der Waals surface area (Å²) >= 11 is 0. The number of nitrogens with zero attached hydrogens (tertiary/aromatic N) is 2. The van der Waals surface area contributed by atoms with E-state index in [9.17, 15) is 9.90 Å². The van der Waals surface area contributed by atoms with Crippen molar-refractivity contribution in [3.63, 3.8) is 0 Å². The van der Waals surface area contributed by atoms with Crippen molar-refractivity contribution in [3.05, 3.63) is 36.0 Å². The highest BCUT2D eigenvalue weighted by atomic mass is 16.4. The molecule has 2 aromatic heterocycles. The maximum atomic E-state index is 11.6. The summed E-state index contributed by atoms with van der Waals surface area (Å²) in [6, 6.07) is 2.98. The second-order valence-electron chi connectivity index (χ2n) is 3.12. The van der Waals surface area contributed by atoms with Gasteiger partial charge in [0.1, 0.15) is 12.0 Å². The quantitative estimate of drug-likeness (QED) is 0.795. The maximum Gasteiger partial charge on any atom is 0.301 e. The fourth-order valence-corrected chi connectivity index (χ4v) is 1.14. The minimum absolute atomic E-state index is 0.0710. The zero-order chi connectivity index (χ0) is 11.5. The highest BCUT2D eigenvalue weighted by molar-refractivity contribution is 6.03. The van der Waals surface area contributed by atoms with Crippen molar-refractivity contribution in [2.45, 2.75) is 6.92 Å². The fourth-order valence-electron chi connectivity index (χ4n) is 1.14. The van der Waals surface area contributed by atoms with Crippen LogP contribution in [-0.2, 0) is 0 Å². The summed E-state index contributed by atoms with van der Waals surface area (Å²) in [6.07, 6.45) is 2.82. The molecule has 2 N–H and O–H groups in total. The van der Waals surface area contributed by atoms with Crippen LogP contribution in [0.1, 0.15) is 16.2 Å². The second kappa shape index (κ2) is 4.01. The van der Waals surface area contributed by atoms with Crippen LogP contribution in [0.2, 0.25) is 0 Å². The Kier molecular flexibility index (Phi) is 2.55. The Morgan fingerprint density at radius 1 is 1.56 bits per heavy atom. The minimum Gasteiger partial charge on any atom is -0.505 e. The summed E-state index contributed by atoms with van der Waals surface area (Å²) in [5.74, 6) is -0.761. The molecule has 0 aliphatic carbocycles. The van der Waals surface area contributed by atoms with Gasteiger partial charge in [-0.25, -0.2) is 4.98 Å². The van der Waals surface area contributed by atoms with E-state index in [0.29, 0.717) is 5.69 Å². The Bertz CT molecular complexity index is 522. The van der Waals surface area contributed by atoms with E-state index < -0.39 is 5.91 Å². The highest BCUT2D eigenvalue weighted by Gasteiger charge is 2.14. The number of rotatable bonds is 2.